The van der Waals surface area contributed by atoms with Crippen molar-refractivity contribution >= 4 is 43.5 Å². The van der Waals surface area contributed by atoms with Crippen LogP contribution in [0.4, 0.5) is 14.5 Å². The molecule has 1 aliphatic rings. The summed E-state index contributed by atoms with van der Waals surface area (Å²) in [6, 6.07) is 2.09. The first-order chi connectivity index (χ1) is 8.02. The number of carbonyl (C=O) groups is 1. The molecule has 0 N–H and O–H groups in total. The Morgan fingerprint density at radius 1 is 1.35 bits per heavy atom. The summed E-state index contributed by atoms with van der Waals surface area (Å²) in [6.45, 7) is 0.522. The zero-order valence-electron chi connectivity index (χ0n) is 8.72. The Balaban J connectivity index is 2.35. The van der Waals surface area contributed by atoms with Crippen molar-refractivity contribution in [2.45, 2.75) is 6.42 Å². The van der Waals surface area contributed by atoms with Crippen molar-refractivity contribution < 1.29 is 13.6 Å². The molecule has 0 aliphatic carbocycles. The fourth-order valence-corrected chi connectivity index (χ4v) is 2.80. The first kappa shape index (κ1) is 13.0. The third kappa shape index (κ3) is 2.52. The van der Waals surface area contributed by atoms with Crippen LogP contribution >= 0.6 is 31.9 Å². The van der Waals surface area contributed by atoms with Crippen molar-refractivity contribution in [3.8, 4) is 0 Å². The molecule has 1 heterocycles. The summed E-state index contributed by atoms with van der Waals surface area (Å²) in [5.41, 5.74) is 0.386. The fraction of sp³-hybridized carbons (Fsp3) is 0.364. The number of rotatable bonds is 2. The second kappa shape index (κ2) is 5.02. The summed E-state index contributed by atoms with van der Waals surface area (Å²) in [5.74, 6) is -1.73. The molecule has 1 aromatic carbocycles. The van der Waals surface area contributed by atoms with E-state index in [9.17, 15) is 13.6 Å². The number of benzene rings is 1. The summed E-state index contributed by atoms with van der Waals surface area (Å²) in [4.78, 5) is 13.2. The van der Waals surface area contributed by atoms with Crippen molar-refractivity contribution in [1.82, 2.24) is 0 Å². The minimum absolute atomic E-state index is 0.0684. The van der Waals surface area contributed by atoms with Gasteiger partial charge in [0.2, 0.25) is 5.91 Å². The first-order valence-corrected chi connectivity index (χ1v) is 6.95. The average Bonchev–Trinajstić information content (AvgIpc) is 2.65. The Hall–Kier alpha value is -0.490. The summed E-state index contributed by atoms with van der Waals surface area (Å²) < 4.78 is 26.5. The van der Waals surface area contributed by atoms with E-state index in [4.69, 9.17) is 0 Å². The molecule has 0 radical (unpaired) electrons. The van der Waals surface area contributed by atoms with E-state index in [0.29, 0.717) is 23.1 Å². The van der Waals surface area contributed by atoms with Crippen LogP contribution in [0.5, 0.6) is 0 Å². The van der Waals surface area contributed by atoms with E-state index in [-0.39, 0.29) is 11.8 Å². The Morgan fingerprint density at radius 2 is 2.00 bits per heavy atom. The van der Waals surface area contributed by atoms with Crippen LogP contribution in [0.3, 0.4) is 0 Å². The van der Waals surface area contributed by atoms with E-state index in [1.807, 2.05) is 0 Å². The normalized spacial score (nSPS) is 20.1. The van der Waals surface area contributed by atoms with Crippen LogP contribution in [0.25, 0.3) is 0 Å². The van der Waals surface area contributed by atoms with Gasteiger partial charge in [0, 0.05) is 28.8 Å². The molecule has 2 rings (SSSR count). The van der Waals surface area contributed by atoms with Gasteiger partial charge in [-0.15, -0.1) is 0 Å². The van der Waals surface area contributed by atoms with E-state index in [1.165, 1.54) is 4.90 Å². The number of amides is 1. The van der Waals surface area contributed by atoms with E-state index in [1.54, 1.807) is 0 Å². The summed E-state index contributed by atoms with van der Waals surface area (Å²) >= 11 is 6.47. The van der Waals surface area contributed by atoms with Gasteiger partial charge >= 0.3 is 0 Å². The maximum Gasteiger partial charge on any atom is 0.227 e. The SMILES string of the molecule is O=C1CC(CBr)CN1c1cc(F)c(F)cc1Br. The molecule has 1 unspecified atom stereocenters. The van der Waals surface area contributed by atoms with Gasteiger partial charge in [-0.25, -0.2) is 8.78 Å². The minimum Gasteiger partial charge on any atom is -0.311 e. The predicted molar refractivity (Wildman–Crippen MR) is 68.3 cm³/mol. The molecule has 6 heteroatoms. The number of carbonyl (C=O) groups excluding carboxylic acids is 1. The van der Waals surface area contributed by atoms with Gasteiger partial charge < -0.3 is 4.90 Å². The monoisotopic (exact) mass is 367 g/mol. The molecular formula is C11H9Br2F2NO. The highest BCUT2D eigenvalue weighted by Gasteiger charge is 2.31. The number of halogens is 4. The topological polar surface area (TPSA) is 20.3 Å². The first-order valence-electron chi connectivity index (χ1n) is 5.03. The standard InChI is InChI=1S/C11H9Br2F2NO/c12-4-6-1-11(17)16(5-6)10-3-9(15)8(14)2-7(10)13/h2-3,6H,1,4-5H2. The Labute approximate surface area is 114 Å². The maximum atomic E-state index is 13.2. The molecule has 0 bridgehead atoms. The molecule has 1 aliphatic heterocycles. The summed E-state index contributed by atoms with van der Waals surface area (Å²) in [5, 5.41) is 0.719. The van der Waals surface area contributed by atoms with Gasteiger partial charge in [0.15, 0.2) is 11.6 Å². The van der Waals surface area contributed by atoms with Crippen LogP contribution in [0.1, 0.15) is 6.42 Å². The van der Waals surface area contributed by atoms with Crippen LogP contribution in [0.2, 0.25) is 0 Å². The number of alkyl halides is 1. The van der Waals surface area contributed by atoms with Crippen LogP contribution in [-0.4, -0.2) is 17.8 Å². The second-order valence-corrected chi connectivity index (χ2v) is 5.45. The third-order valence-electron chi connectivity index (χ3n) is 2.70. The molecule has 1 aromatic rings. The molecule has 2 nitrogen and oxygen atoms in total. The minimum atomic E-state index is -0.946. The second-order valence-electron chi connectivity index (χ2n) is 3.95. The van der Waals surface area contributed by atoms with Gasteiger partial charge in [-0.3, -0.25) is 4.79 Å². The predicted octanol–water partition coefficient (Wildman–Crippen LogP) is 3.48. The molecule has 1 fully saturated rings. The van der Waals surface area contributed by atoms with Gasteiger partial charge in [0.05, 0.1) is 5.69 Å². The summed E-state index contributed by atoms with van der Waals surface area (Å²) in [6.07, 6.45) is 0.427. The van der Waals surface area contributed by atoms with Crippen molar-refractivity contribution in [3.63, 3.8) is 0 Å². The van der Waals surface area contributed by atoms with Gasteiger partial charge in [-0.1, -0.05) is 15.9 Å². The van der Waals surface area contributed by atoms with Gasteiger partial charge in [-0.05, 0) is 27.9 Å². The largest absolute Gasteiger partial charge is 0.311 e. The van der Waals surface area contributed by atoms with Crippen molar-refractivity contribution in [1.29, 1.82) is 0 Å². The molecule has 0 saturated carbocycles. The number of hydrogen-bond donors (Lipinski definition) is 0. The molecule has 0 spiro atoms. The smallest absolute Gasteiger partial charge is 0.227 e. The van der Waals surface area contributed by atoms with Crippen molar-refractivity contribution in [2.75, 3.05) is 16.8 Å². The lowest BCUT2D eigenvalue weighted by molar-refractivity contribution is -0.117. The van der Waals surface area contributed by atoms with E-state index >= 15 is 0 Å². The lowest BCUT2D eigenvalue weighted by Crippen LogP contribution is -2.25. The maximum absolute atomic E-state index is 13.2. The van der Waals surface area contributed by atoms with Crippen LogP contribution in [-0.2, 0) is 4.79 Å². The highest BCUT2D eigenvalue weighted by molar-refractivity contribution is 9.10. The lowest BCUT2D eigenvalue weighted by atomic mass is 10.2. The molecule has 0 aromatic heterocycles. The third-order valence-corrected chi connectivity index (χ3v) is 4.25. The van der Waals surface area contributed by atoms with Gasteiger partial charge in [-0.2, -0.15) is 0 Å². The molecule has 1 amide bonds. The Bertz CT molecular complexity index is 467. The average molecular weight is 369 g/mol. The number of hydrogen-bond acceptors (Lipinski definition) is 1. The van der Waals surface area contributed by atoms with E-state index < -0.39 is 11.6 Å². The zero-order valence-corrected chi connectivity index (χ0v) is 11.9. The molecule has 1 saturated heterocycles. The highest BCUT2D eigenvalue weighted by atomic mass is 79.9. The molecule has 92 valence electrons. The Morgan fingerprint density at radius 3 is 2.59 bits per heavy atom. The van der Waals surface area contributed by atoms with Crippen LogP contribution in [0, 0.1) is 17.6 Å². The Kier molecular flexibility index (Phi) is 3.82. The zero-order chi connectivity index (χ0) is 12.6. The molecular weight excluding hydrogens is 360 g/mol. The quantitative estimate of drug-likeness (QED) is 0.578. The van der Waals surface area contributed by atoms with E-state index in [2.05, 4.69) is 31.9 Å². The molecule has 17 heavy (non-hydrogen) atoms. The summed E-state index contributed by atoms with van der Waals surface area (Å²) in [7, 11) is 0. The van der Waals surface area contributed by atoms with Gasteiger partial charge in [0.1, 0.15) is 0 Å². The van der Waals surface area contributed by atoms with Crippen molar-refractivity contribution in [3.05, 3.63) is 28.2 Å². The van der Waals surface area contributed by atoms with E-state index in [0.717, 1.165) is 17.5 Å². The van der Waals surface area contributed by atoms with Crippen LogP contribution < -0.4 is 4.90 Å². The number of nitrogens with zero attached hydrogens (tertiary/aromatic N) is 1. The van der Waals surface area contributed by atoms with Crippen molar-refractivity contribution in [2.24, 2.45) is 5.92 Å². The van der Waals surface area contributed by atoms with Crippen LogP contribution in [0.15, 0.2) is 16.6 Å². The number of anilines is 1. The fourth-order valence-electron chi connectivity index (χ4n) is 1.84. The highest BCUT2D eigenvalue weighted by Crippen LogP contribution is 2.33. The van der Waals surface area contributed by atoms with Gasteiger partial charge in [0.25, 0.3) is 0 Å². The lowest BCUT2D eigenvalue weighted by Gasteiger charge is -2.18. The molecule has 1 atom stereocenters.